The Morgan fingerprint density at radius 2 is 1.90 bits per heavy atom. The van der Waals surface area contributed by atoms with Gasteiger partial charge in [-0.15, -0.1) is 11.6 Å². The first-order valence-corrected chi connectivity index (χ1v) is 9.19. The number of hydrogen-bond acceptors (Lipinski definition) is 3. The van der Waals surface area contributed by atoms with Crippen molar-refractivity contribution in [1.29, 1.82) is 0 Å². The van der Waals surface area contributed by atoms with Gasteiger partial charge < -0.3 is 4.74 Å². The molecule has 2 atom stereocenters. The number of benzene rings is 1. The first kappa shape index (κ1) is 16.6. The number of rotatable bonds is 5. The van der Waals surface area contributed by atoms with Gasteiger partial charge in [0.05, 0.1) is 17.4 Å². The molecule has 4 nitrogen and oxygen atoms in total. The quantitative estimate of drug-likeness (QED) is 0.779. The molecular formula is C15H22ClNO3S. The van der Waals surface area contributed by atoms with Gasteiger partial charge in [0.15, 0.2) is 0 Å². The van der Waals surface area contributed by atoms with E-state index in [9.17, 15) is 8.42 Å². The standard InChI is InChI=1S/C15H22ClNO3S/c1-4-20-15-6-5-14(7-13(15)8-16)21(18,19)17-9-11(2)12(3)10-17/h5-7,11-12H,4,8-10H2,1-3H3. The summed E-state index contributed by atoms with van der Waals surface area (Å²) in [4.78, 5) is 0.294. The Balaban J connectivity index is 2.32. The maximum absolute atomic E-state index is 12.7. The molecule has 1 aliphatic rings. The molecule has 0 saturated carbocycles. The zero-order chi connectivity index (χ0) is 15.6. The fourth-order valence-corrected chi connectivity index (χ4v) is 4.44. The molecule has 0 aromatic heterocycles. The van der Waals surface area contributed by atoms with Gasteiger partial charge >= 0.3 is 0 Å². The Hall–Kier alpha value is -0.780. The highest BCUT2D eigenvalue weighted by Gasteiger charge is 2.35. The van der Waals surface area contributed by atoms with Crippen molar-refractivity contribution >= 4 is 21.6 Å². The molecule has 1 aromatic rings. The molecule has 2 rings (SSSR count). The van der Waals surface area contributed by atoms with Crippen LogP contribution in [0.2, 0.25) is 0 Å². The summed E-state index contributed by atoms with van der Waals surface area (Å²) >= 11 is 5.91. The zero-order valence-corrected chi connectivity index (χ0v) is 14.2. The topological polar surface area (TPSA) is 46.6 Å². The number of hydrogen-bond donors (Lipinski definition) is 0. The summed E-state index contributed by atoms with van der Waals surface area (Å²) < 4.78 is 32.4. The average Bonchev–Trinajstić information content (AvgIpc) is 2.80. The van der Waals surface area contributed by atoms with E-state index in [-0.39, 0.29) is 5.88 Å². The molecule has 1 fully saturated rings. The summed E-state index contributed by atoms with van der Waals surface area (Å²) in [6, 6.07) is 4.92. The van der Waals surface area contributed by atoms with Crippen LogP contribution in [0.3, 0.4) is 0 Å². The maximum Gasteiger partial charge on any atom is 0.243 e. The van der Waals surface area contributed by atoms with Crippen molar-refractivity contribution < 1.29 is 13.2 Å². The van der Waals surface area contributed by atoms with Crippen LogP contribution >= 0.6 is 11.6 Å². The molecule has 1 saturated heterocycles. The van der Waals surface area contributed by atoms with Crippen molar-refractivity contribution in [2.45, 2.75) is 31.5 Å². The third-order valence-electron chi connectivity index (χ3n) is 4.07. The van der Waals surface area contributed by atoms with E-state index in [1.54, 1.807) is 22.5 Å². The second-order valence-corrected chi connectivity index (χ2v) is 7.82. The summed E-state index contributed by atoms with van der Waals surface area (Å²) in [5, 5.41) is 0. The van der Waals surface area contributed by atoms with Gasteiger partial charge in [-0.3, -0.25) is 0 Å². The van der Waals surface area contributed by atoms with Crippen molar-refractivity contribution in [3.63, 3.8) is 0 Å². The second kappa shape index (κ2) is 6.55. The van der Waals surface area contributed by atoms with E-state index >= 15 is 0 Å². The molecule has 1 aromatic carbocycles. The van der Waals surface area contributed by atoms with Crippen molar-refractivity contribution in [1.82, 2.24) is 4.31 Å². The summed E-state index contributed by atoms with van der Waals surface area (Å²) in [5.41, 5.74) is 0.708. The monoisotopic (exact) mass is 331 g/mol. The maximum atomic E-state index is 12.7. The molecule has 0 amide bonds. The molecule has 21 heavy (non-hydrogen) atoms. The van der Waals surface area contributed by atoms with Gasteiger partial charge in [0.25, 0.3) is 0 Å². The van der Waals surface area contributed by atoms with E-state index < -0.39 is 10.0 Å². The first-order chi connectivity index (χ1) is 9.90. The lowest BCUT2D eigenvalue weighted by Crippen LogP contribution is -2.29. The van der Waals surface area contributed by atoms with Gasteiger partial charge in [0, 0.05) is 18.7 Å². The highest BCUT2D eigenvalue weighted by Crippen LogP contribution is 2.30. The van der Waals surface area contributed by atoms with E-state index in [2.05, 4.69) is 13.8 Å². The van der Waals surface area contributed by atoms with Gasteiger partial charge in [0.1, 0.15) is 5.75 Å². The highest BCUT2D eigenvalue weighted by atomic mass is 35.5. The minimum atomic E-state index is -3.45. The number of alkyl halides is 1. The van der Waals surface area contributed by atoms with Crippen LogP contribution in [-0.4, -0.2) is 32.4 Å². The van der Waals surface area contributed by atoms with Crippen molar-refractivity contribution in [2.24, 2.45) is 11.8 Å². The van der Waals surface area contributed by atoms with Crippen LogP contribution in [0.25, 0.3) is 0 Å². The number of halogens is 1. The first-order valence-electron chi connectivity index (χ1n) is 7.22. The molecule has 2 unspecified atom stereocenters. The Bertz CT molecular complexity index is 593. The van der Waals surface area contributed by atoms with Gasteiger partial charge in [0.2, 0.25) is 10.0 Å². The number of sulfonamides is 1. The van der Waals surface area contributed by atoms with Crippen LogP contribution in [0, 0.1) is 11.8 Å². The van der Waals surface area contributed by atoms with E-state index in [0.29, 0.717) is 47.7 Å². The predicted octanol–water partition coefficient (Wildman–Crippen LogP) is 3.10. The lowest BCUT2D eigenvalue weighted by molar-refractivity contribution is 0.337. The molecule has 0 aliphatic carbocycles. The summed E-state index contributed by atoms with van der Waals surface area (Å²) in [6.07, 6.45) is 0. The lowest BCUT2D eigenvalue weighted by atomic mass is 10.0. The van der Waals surface area contributed by atoms with E-state index in [1.165, 1.54) is 0 Å². The van der Waals surface area contributed by atoms with E-state index in [0.717, 1.165) is 0 Å². The minimum Gasteiger partial charge on any atom is -0.494 e. The van der Waals surface area contributed by atoms with Crippen molar-refractivity contribution in [3.05, 3.63) is 23.8 Å². The van der Waals surface area contributed by atoms with Crippen molar-refractivity contribution in [2.75, 3.05) is 19.7 Å². The number of ether oxygens (including phenoxy) is 1. The Labute approximate surface area is 132 Å². The molecule has 6 heteroatoms. The average molecular weight is 332 g/mol. The molecule has 0 radical (unpaired) electrons. The Morgan fingerprint density at radius 3 is 2.43 bits per heavy atom. The Morgan fingerprint density at radius 1 is 1.29 bits per heavy atom. The fraction of sp³-hybridized carbons (Fsp3) is 0.600. The van der Waals surface area contributed by atoms with E-state index in [4.69, 9.17) is 16.3 Å². The molecule has 1 heterocycles. The van der Waals surface area contributed by atoms with Crippen LogP contribution in [0.1, 0.15) is 26.3 Å². The van der Waals surface area contributed by atoms with Crippen molar-refractivity contribution in [3.8, 4) is 5.75 Å². The van der Waals surface area contributed by atoms with Gasteiger partial charge in [-0.05, 0) is 37.0 Å². The third kappa shape index (κ3) is 3.35. The lowest BCUT2D eigenvalue weighted by Gasteiger charge is -2.17. The highest BCUT2D eigenvalue weighted by molar-refractivity contribution is 7.89. The van der Waals surface area contributed by atoms with E-state index in [1.807, 2.05) is 6.92 Å². The minimum absolute atomic E-state index is 0.228. The Kier molecular flexibility index (Phi) is 5.17. The molecule has 0 N–H and O–H groups in total. The molecule has 118 valence electrons. The summed E-state index contributed by atoms with van der Waals surface area (Å²) in [5.74, 6) is 1.64. The molecule has 0 spiro atoms. The predicted molar refractivity (Wildman–Crippen MR) is 84.3 cm³/mol. The van der Waals surface area contributed by atoms with Crippen LogP contribution in [0.4, 0.5) is 0 Å². The van der Waals surface area contributed by atoms with Crippen LogP contribution < -0.4 is 4.74 Å². The second-order valence-electron chi connectivity index (χ2n) is 5.61. The van der Waals surface area contributed by atoms with Gasteiger partial charge in [-0.2, -0.15) is 4.31 Å². The van der Waals surface area contributed by atoms with Crippen LogP contribution in [-0.2, 0) is 15.9 Å². The van der Waals surface area contributed by atoms with Gasteiger partial charge in [-0.1, -0.05) is 13.8 Å². The fourth-order valence-electron chi connectivity index (χ4n) is 2.54. The van der Waals surface area contributed by atoms with Crippen LogP contribution in [0.15, 0.2) is 23.1 Å². The number of nitrogens with zero attached hydrogens (tertiary/aromatic N) is 1. The zero-order valence-electron chi connectivity index (χ0n) is 12.7. The normalized spacial score (nSPS) is 23.4. The molecular weight excluding hydrogens is 310 g/mol. The van der Waals surface area contributed by atoms with Crippen LogP contribution in [0.5, 0.6) is 5.75 Å². The summed E-state index contributed by atoms with van der Waals surface area (Å²) in [7, 11) is -3.45. The largest absolute Gasteiger partial charge is 0.494 e. The van der Waals surface area contributed by atoms with Gasteiger partial charge in [-0.25, -0.2) is 8.42 Å². The summed E-state index contributed by atoms with van der Waals surface area (Å²) in [6.45, 7) is 7.73. The molecule has 1 aliphatic heterocycles. The smallest absolute Gasteiger partial charge is 0.243 e. The third-order valence-corrected chi connectivity index (χ3v) is 6.18. The SMILES string of the molecule is CCOc1ccc(S(=O)(=O)N2CC(C)C(C)C2)cc1CCl. The molecule has 0 bridgehead atoms.